The van der Waals surface area contributed by atoms with Gasteiger partial charge in [0.05, 0.1) is 17.5 Å². The first-order valence-corrected chi connectivity index (χ1v) is 6.35. The highest BCUT2D eigenvalue weighted by atomic mass is 32.1. The molecule has 0 fully saturated rings. The molecule has 0 spiro atoms. The van der Waals surface area contributed by atoms with Crippen LogP contribution < -0.4 is 0 Å². The fraction of sp³-hybridized carbons (Fsp3) is 0.231. The number of aryl methyl sites for hydroxylation is 1. The molecule has 0 N–H and O–H groups in total. The summed E-state index contributed by atoms with van der Waals surface area (Å²) in [6, 6.07) is 6.80. The summed E-state index contributed by atoms with van der Waals surface area (Å²) in [5.74, 6) is 0.423. The maximum absolute atomic E-state index is 11.9. The van der Waals surface area contributed by atoms with Crippen LogP contribution in [-0.4, -0.2) is 32.5 Å². The number of carbonyl (C=O) groups is 1. The van der Waals surface area contributed by atoms with Crippen LogP contribution in [0.5, 0.6) is 0 Å². The minimum absolute atomic E-state index is 0.297. The van der Waals surface area contributed by atoms with E-state index in [2.05, 4.69) is 32.5 Å². The van der Waals surface area contributed by atoms with Gasteiger partial charge in [-0.2, -0.15) is 10.1 Å². The number of isothiocyanates is 1. The number of nitrogens with zero attached hydrogens (tertiary/aromatic N) is 4. The first kappa shape index (κ1) is 14.0. The fourth-order valence-corrected chi connectivity index (χ4v) is 1.76. The summed E-state index contributed by atoms with van der Waals surface area (Å²) < 4.78 is 6.43. The maximum Gasteiger partial charge on any atom is 0.357 e. The number of hydrogen-bond acceptors (Lipinski definition) is 6. The Morgan fingerprint density at radius 1 is 1.55 bits per heavy atom. The zero-order chi connectivity index (χ0) is 14.5. The van der Waals surface area contributed by atoms with Crippen LogP contribution in [0, 0.1) is 6.92 Å². The van der Waals surface area contributed by atoms with Gasteiger partial charge in [0.1, 0.15) is 0 Å². The molecule has 0 radical (unpaired) electrons. The van der Waals surface area contributed by atoms with Gasteiger partial charge in [-0.25, -0.2) is 14.5 Å². The predicted octanol–water partition coefficient (Wildman–Crippen LogP) is 2.49. The first-order valence-electron chi connectivity index (χ1n) is 5.94. The highest BCUT2D eigenvalue weighted by Crippen LogP contribution is 2.15. The van der Waals surface area contributed by atoms with Crippen molar-refractivity contribution >= 4 is 29.2 Å². The van der Waals surface area contributed by atoms with Gasteiger partial charge in [-0.1, -0.05) is 6.07 Å². The van der Waals surface area contributed by atoms with Crippen molar-refractivity contribution in [3.8, 4) is 5.82 Å². The summed E-state index contributed by atoms with van der Waals surface area (Å²) in [6.45, 7) is 3.84. The summed E-state index contributed by atoms with van der Waals surface area (Å²) in [5, 5.41) is 6.50. The summed E-state index contributed by atoms with van der Waals surface area (Å²) in [4.78, 5) is 20.0. The molecular formula is C13H12N4O2S. The number of rotatable bonds is 4. The maximum atomic E-state index is 11.9. The normalized spacial score (nSPS) is 9.90. The van der Waals surface area contributed by atoms with E-state index in [4.69, 9.17) is 4.74 Å². The van der Waals surface area contributed by atoms with Gasteiger partial charge in [0.25, 0.3) is 0 Å². The summed E-state index contributed by atoms with van der Waals surface area (Å²) in [7, 11) is 0. The van der Waals surface area contributed by atoms with Gasteiger partial charge in [0.15, 0.2) is 17.3 Å². The van der Waals surface area contributed by atoms with E-state index in [-0.39, 0.29) is 0 Å². The molecule has 0 unspecified atom stereocenters. The van der Waals surface area contributed by atoms with Crippen molar-refractivity contribution in [2.75, 3.05) is 6.61 Å². The summed E-state index contributed by atoms with van der Waals surface area (Å²) in [5.41, 5.74) is 1.01. The van der Waals surface area contributed by atoms with E-state index in [1.165, 1.54) is 4.68 Å². The van der Waals surface area contributed by atoms with E-state index in [9.17, 15) is 4.79 Å². The molecule has 0 aliphatic carbocycles. The Balaban J connectivity index is 2.49. The van der Waals surface area contributed by atoms with Crippen molar-refractivity contribution in [3.63, 3.8) is 0 Å². The van der Waals surface area contributed by atoms with Crippen molar-refractivity contribution < 1.29 is 9.53 Å². The van der Waals surface area contributed by atoms with Crippen LogP contribution in [0.25, 0.3) is 5.82 Å². The van der Waals surface area contributed by atoms with Crippen LogP contribution >= 0.6 is 12.2 Å². The molecule has 2 rings (SSSR count). The largest absolute Gasteiger partial charge is 0.461 e. The molecule has 2 aromatic rings. The SMILES string of the molecule is CCOC(=O)c1cc(C)nn1-c1cccc(N=C=S)n1. The van der Waals surface area contributed by atoms with Gasteiger partial charge in [0.2, 0.25) is 0 Å². The Morgan fingerprint density at radius 2 is 2.35 bits per heavy atom. The first-order chi connectivity index (χ1) is 9.65. The average Bonchev–Trinajstić information content (AvgIpc) is 2.82. The summed E-state index contributed by atoms with van der Waals surface area (Å²) in [6.07, 6.45) is 0. The highest BCUT2D eigenvalue weighted by molar-refractivity contribution is 7.78. The predicted molar refractivity (Wildman–Crippen MR) is 76.7 cm³/mol. The molecule has 20 heavy (non-hydrogen) atoms. The number of aromatic nitrogens is 3. The minimum Gasteiger partial charge on any atom is -0.461 e. The Morgan fingerprint density at radius 3 is 3.05 bits per heavy atom. The van der Waals surface area contributed by atoms with Crippen molar-refractivity contribution in [2.45, 2.75) is 13.8 Å². The molecule has 0 saturated heterocycles. The average molecular weight is 288 g/mol. The Labute approximate surface area is 121 Å². The quantitative estimate of drug-likeness (QED) is 0.491. The lowest BCUT2D eigenvalue weighted by molar-refractivity contribution is 0.0515. The van der Waals surface area contributed by atoms with Crippen molar-refractivity contribution in [1.82, 2.24) is 14.8 Å². The van der Waals surface area contributed by atoms with Gasteiger partial charge in [-0.05, 0) is 44.3 Å². The lowest BCUT2D eigenvalue weighted by Gasteiger charge is -2.06. The second-order valence-corrected chi connectivity index (χ2v) is 4.04. The molecule has 6 nitrogen and oxygen atoms in total. The second kappa shape index (κ2) is 6.18. The fourth-order valence-electron chi connectivity index (χ4n) is 1.66. The van der Waals surface area contributed by atoms with E-state index in [0.29, 0.717) is 29.6 Å². The molecule has 102 valence electrons. The third-order valence-corrected chi connectivity index (χ3v) is 2.50. The number of aliphatic imine (C=N–C) groups is 1. The number of carbonyl (C=O) groups excluding carboxylic acids is 1. The van der Waals surface area contributed by atoms with Crippen LogP contribution in [-0.2, 0) is 4.74 Å². The van der Waals surface area contributed by atoms with Crippen LogP contribution in [0.4, 0.5) is 5.82 Å². The zero-order valence-electron chi connectivity index (χ0n) is 11.0. The highest BCUT2D eigenvalue weighted by Gasteiger charge is 2.17. The third kappa shape index (κ3) is 2.96. The zero-order valence-corrected chi connectivity index (χ0v) is 11.8. The van der Waals surface area contributed by atoms with Gasteiger partial charge in [-0.15, -0.1) is 0 Å². The van der Waals surface area contributed by atoms with Crippen LogP contribution in [0.1, 0.15) is 23.1 Å². The molecule has 0 aliphatic heterocycles. The lowest BCUT2D eigenvalue weighted by Crippen LogP contribution is -2.12. The molecule has 0 amide bonds. The molecule has 7 heteroatoms. The van der Waals surface area contributed by atoms with E-state index in [1.807, 2.05) is 0 Å². The third-order valence-electron chi connectivity index (χ3n) is 2.41. The number of ether oxygens (including phenoxy) is 1. The van der Waals surface area contributed by atoms with Gasteiger partial charge >= 0.3 is 5.97 Å². The topological polar surface area (TPSA) is 69.4 Å². The Bertz CT molecular complexity index is 689. The monoisotopic (exact) mass is 288 g/mol. The van der Waals surface area contributed by atoms with E-state index >= 15 is 0 Å². The number of thiocarbonyl (C=S) groups is 1. The van der Waals surface area contributed by atoms with Crippen molar-refractivity contribution in [1.29, 1.82) is 0 Å². The molecule has 0 aliphatic rings. The molecule has 0 aromatic carbocycles. The Kier molecular flexibility index (Phi) is 4.34. The van der Waals surface area contributed by atoms with Gasteiger partial charge in [-0.3, -0.25) is 0 Å². The second-order valence-electron chi connectivity index (χ2n) is 3.86. The minimum atomic E-state index is -0.446. The van der Waals surface area contributed by atoms with Crippen LogP contribution in [0.3, 0.4) is 0 Å². The molecule has 2 aromatic heterocycles. The van der Waals surface area contributed by atoms with E-state index in [0.717, 1.165) is 0 Å². The standard InChI is InChI=1S/C13H12N4O2S/c1-3-19-13(18)10-7-9(2)16-17(10)12-6-4-5-11(15-12)14-8-20/h4-7H,3H2,1-2H3. The number of pyridine rings is 1. The smallest absolute Gasteiger partial charge is 0.357 e. The lowest BCUT2D eigenvalue weighted by atomic mass is 10.3. The molecule has 0 saturated carbocycles. The molecule has 2 heterocycles. The van der Waals surface area contributed by atoms with Crippen molar-refractivity contribution in [3.05, 3.63) is 35.7 Å². The van der Waals surface area contributed by atoms with Crippen LogP contribution in [0.2, 0.25) is 0 Å². The summed E-state index contributed by atoms with van der Waals surface area (Å²) >= 11 is 4.55. The van der Waals surface area contributed by atoms with Gasteiger partial charge in [0, 0.05) is 0 Å². The molecular weight excluding hydrogens is 276 g/mol. The van der Waals surface area contributed by atoms with Crippen molar-refractivity contribution in [2.24, 2.45) is 4.99 Å². The number of hydrogen-bond donors (Lipinski definition) is 0. The molecule has 0 bridgehead atoms. The van der Waals surface area contributed by atoms with Gasteiger partial charge < -0.3 is 4.74 Å². The van der Waals surface area contributed by atoms with E-state index in [1.54, 1.807) is 38.1 Å². The van der Waals surface area contributed by atoms with E-state index < -0.39 is 5.97 Å². The number of esters is 1. The van der Waals surface area contributed by atoms with Crippen LogP contribution in [0.15, 0.2) is 29.3 Å². The molecule has 0 atom stereocenters. The Hall–Kier alpha value is -2.37.